The van der Waals surface area contributed by atoms with Gasteiger partial charge >= 0.3 is 5.97 Å². The second-order valence-corrected chi connectivity index (χ2v) is 4.95. The number of hydrogen-bond donors (Lipinski definition) is 2. The summed E-state index contributed by atoms with van der Waals surface area (Å²) in [7, 11) is 0. The highest BCUT2D eigenvalue weighted by Crippen LogP contribution is 2.15. The molecule has 0 aliphatic heterocycles. The smallest absolute Gasteiger partial charge is 0.355 e. The Labute approximate surface area is 123 Å². The highest BCUT2D eigenvalue weighted by Gasteiger charge is 2.19. The Balaban J connectivity index is 2.20. The zero-order valence-electron chi connectivity index (χ0n) is 10.7. The largest absolute Gasteiger partial charge is 0.476 e. The number of nitrogens with zero attached hydrogens (tertiary/aromatic N) is 2. The van der Waals surface area contributed by atoms with Crippen molar-refractivity contribution in [2.75, 3.05) is 0 Å². The molecule has 2 aromatic heterocycles. The molecule has 0 atom stereocenters. The first-order valence-electron chi connectivity index (χ1n) is 6.13. The molecule has 0 saturated heterocycles. The summed E-state index contributed by atoms with van der Waals surface area (Å²) in [6.07, 6.45) is 1.68. The van der Waals surface area contributed by atoms with E-state index < -0.39 is 11.5 Å². The molecule has 2 heterocycles. The van der Waals surface area contributed by atoms with E-state index in [-0.39, 0.29) is 23.3 Å². The van der Waals surface area contributed by atoms with Crippen LogP contribution in [0, 0.1) is 0 Å². The van der Waals surface area contributed by atoms with Crippen LogP contribution in [0.5, 0.6) is 0 Å². The van der Waals surface area contributed by atoms with Crippen LogP contribution in [0.25, 0.3) is 5.65 Å². The third kappa shape index (κ3) is 2.41. The summed E-state index contributed by atoms with van der Waals surface area (Å²) in [5, 5.41) is 12.5. The summed E-state index contributed by atoms with van der Waals surface area (Å²) in [6.45, 7) is 0. The number of aromatic nitrogens is 3. The van der Waals surface area contributed by atoms with E-state index in [2.05, 4.69) is 10.1 Å². The summed E-state index contributed by atoms with van der Waals surface area (Å²) in [4.78, 5) is 27.8. The first kappa shape index (κ1) is 13.4. The summed E-state index contributed by atoms with van der Waals surface area (Å²) in [6, 6.07) is 8.46. The van der Waals surface area contributed by atoms with E-state index in [1.54, 1.807) is 24.3 Å². The molecule has 0 saturated carbocycles. The molecule has 7 heteroatoms. The van der Waals surface area contributed by atoms with E-state index in [1.165, 1.54) is 16.8 Å². The fraction of sp³-hybridized carbons (Fsp3) is 0.0714. The lowest BCUT2D eigenvalue weighted by atomic mass is 10.0. The Kier molecular flexibility index (Phi) is 3.23. The second kappa shape index (κ2) is 5.06. The summed E-state index contributed by atoms with van der Waals surface area (Å²) >= 11 is 5.91. The molecule has 0 radical (unpaired) electrons. The van der Waals surface area contributed by atoms with Crippen LogP contribution in [-0.2, 0) is 6.42 Å². The average molecular weight is 304 g/mol. The van der Waals surface area contributed by atoms with Gasteiger partial charge in [0.2, 0.25) is 0 Å². The zero-order valence-corrected chi connectivity index (χ0v) is 11.5. The van der Waals surface area contributed by atoms with E-state index in [9.17, 15) is 14.7 Å². The van der Waals surface area contributed by atoms with Crippen LogP contribution in [0.15, 0.2) is 41.3 Å². The molecule has 0 bridgehead atoms. The molecule has 21 heavy (non-hydrogen) atoms. The second-order valence-electron chi connectivity index (χ2n) is 4.51. The minimum Gasteiger partial charge on any atom is -0.476 e. The molecule has 1 aromatic carbocycles. The lowest BCUT2D eigenvalue weighted by Crippen LogP contribution is -2.25. The summed E-state index contributed by atoms with van der Waals surface area (Å²) < 4.78 is 1.21. The Morgan fingerprint density at radius 2 is 2.19 bits per heavy atom. The molecular formula is C14H10ClN3O3. The summed E-state index contributed by atoms with van der Waals surface area (Å²) in [5.74, 6) is -1.23. The van der Waals surface area contributed by atoms with Gasteiger partial charge in [0.25, 0.3) is 5.56 Å². The number of carboxylic acid groups (broad SMARTS) is 1. The van der Waals surface area contributed by atoms with E-state index in [1.807, 2.05) is 0 Å². The van der Waals surface area contributed by atoms with Crippen molar-refractivity contribution in [3.63, 3.8) is 0 Å². The van der Waals surface area contributed by atoms with Gasteiger partial charge < -0.3 is 5.11 Å². The Morgan fingerprint density at radius 3 is 2.90 bits per heavy atom. The number of rotatable bonds is 3. The van der Waals surface area contributed by atoms with Crippen LogP contribution in [0.3, 0.4) is 0 Å². The van der Waals surface area contributed by atoms with Crippen molar-refractivity contribution in [1.82, 2.24) is 14.6 Å². The van der Waals surface area contributed by atoms with E-state index in [0.717, 1.165) is 5.56 Å². The molecule has 0 amide bonds. The third-order valence-corrected chi connectivity index (χ3v) is 3.35. The van der Waals surface area contributed by atoms with Crippen LogP contribution < -0.4 is 5.56 Å². The van der Waals surface area contributed by atoms with Crippen molar-refractivity contribution in [2.45, 2.75) is 6.42 Å². The SMILES string of the molecule is O=C(O)c1nc2cc[nH]n2c(=O)c1Cc1cccc(Cl)c1. The van der Waals surface area contributed by atoms with Gasteiger partial charge in [-0.05, 0) is 17.7 Å². The monoisotopic (exact) mass is 303 g/mol. The van der Waals surface area contributed by atoms with Crippen molar-refractivity contribution in [3.8, 4) is 0 Å². The van der Waals surface area contributed by atoms with Crippen molar-refractivity contribution < 1.29 is 9.90 Å². The number of carbonyl (C=O) groups is 1. The van der Waals surface area contributed by atoms with Gasteiger partial charge in [-0.15, -0.1) is 0 Å². The normalized spacial score (nSPS) is 10.9. The number of benzene rings is 1. The molecular weight excluding hydrogens is 294 g/mol. The van der Waals surface area contributed by atoms with Gasteiger partial charge in [-0.25, -0.2) is 14.3 Å². The molecule has 0 fully saturated rings. The molecule has 3 aromatic rings. The topological polar surface area (TPSA) is 87.5 Å². The van der Waals surface area contributed by atoms with Gasteiger partial charge in [-0.1, -0.05) is 23.7 Å². The average Bonchev–Trinajstić information content (AvgIpc) is 2.90. The number of fused-ring (bicyclic) bond motifs is 1. The molecule has 2 N–H and O–H groups in total. The van der Waals surface area contributed by atoms with Gasteiger partial charge in [-0.3, -0.25) is 9.89 Å². The predicted octanol–water partition coefficient (Wildman–Crippen LogP) is 1.96. The van der Waals surface area contributed by atoms with Gasteiger partial charge in [0.1, 0.15) is 0 Å². The van der Waals surface area contributed by atoms with Gasteiger partial charge in [0, 0.05) is 23.7 Å². The summed E-state index contributed by atoms with van der Waals surface area (Å²) in [5.41, 5.74) is 0.467. The predicted molar refractivity (Wildman–Crippen MR) is 77.0 cm³/mol. The molecule has 3 rings (SSSR count). The Hall–Kier alpha value is -2.60. The molecule has 0 aliphatic rings. The van der Waals surface area contributed by atoms with E-state index >= 15 is 0 Å². The van der Waals surface area contributed by atoms with Crippen LogP contribution in [0.2, 0.25) is 5.02 Å². The number of halogens is 1. The minimum absolute atomic E-state index is 0.115. The maximum Gasteiger partial charge on any atom is 0.355 e. The third-order valence-electron chi connectivity index (χ3n) is 3.11. The van der Waals surface area contributed by atoms with Gasteiger partial charge in [-0.2, -0.15) is 0 Å². The van der Waals surface area contributed by atoms with Crippen LogP contribution in [0.4, 0.5) is 0 Å². The first-order chi connectivity index (χ1) is 10.1. The zero-order chi connectivity index (χ0) is 15.0. The van der Waals surface area contributed by atoms with Crippen molar-refractivity contribution in [2.24, 2.45) is 0 Å². The molecule has 6 nitrogen and oxygen atoms in total. The van der Waals surface area contributed by atoms with Crippen LogP contribution in [0.1, 0.15) is 21.6 Å². The quantitative estimate of drug-likeness (QED) is 0.774. The lowest BCUT2D eigenvalue weighted by Gasteiger charge is -2.06. The van der Waals surface area contributed by atoms with Crippen molar-refractivity contribution in [1.29, 1.82) is 0 Å². The number of aromatic amines is 1. The Bertz CT molecular complexity index is 898. The van der Waals surface area contributed by atoms with E-state index in [0.29, 0.717) is 5.02 Å². The molecule has 0 spiro atoms. The highest BCUT2D eigenvalue weighted by atomic mass is 35.5. The lowest BCUT2D eigenvalue weighted by molar-refractivity contribution is 0.0689. The standard InChI is InChI=1S/C14H10ClN3O3/c15-9-3-1-2-8(6-9)7-10-12(14(20)21)17-11-4-5-16-18(11)13(10)19/h1-6,16H,7H2,(H,20,21). The Morgan fingerprint density at radius 1 is 1.38 bits per heavy atom. The van der Waals surface area contributed by atoms with Crippen molar-refractivity contribution in [3.05, 3.63) is 68.7 Å². The molecule has 0 unspecified atom stereocenters. The van der Waals surface area contributed by atoms with Crippen LogP contribution >= 0.6 is 11.6 Å². The number of hydrogen-bond acceptors (Lipinski definition) is 3. The fourth-order valence-corrected chi connectivity index (χ4v) is 2.40. The van der Waals surface area contributed by atoms with Crippen molar-refractivity contribution >= 4 is 23.2 Å². The van der Waals surface area contributed by atoms with Crippen LogP contribution in [-0.4, -0.2) is 25.7 Å². The van der Waals surface area contributed by atoms with Gasteiger partial charge in [0.05, 0.1) is 5.56 Å². The number of H-pyrrole nitrogens is 1. The minimum atomic E-state index is -1.23. The maximum atomic E-state index is 12.4. The maximum absolute atomic E-state index is 12.4. The molecule has 106 valence electrons. The molecule has 0 aliphatic carbocycles. The number of carboxylic acids is 1. The number of nitrogens with one attached hydrogen (secondary N) is 1. The fourth-order valence-electron chi connectivity index (χ4n) is 2.18. The number of aromatic carboxylic acids is 1. The van der Waals surface area contributed by atoms with Gasteiger partial charge in [0.15, 0.2) is 11.3 Å². The highest BCUT2D eigenvalue weighted by molar-refractivity contribution is 6.30. The first-order valence-corrected chi connectivity index (χ1v) is 6.51. The van der Waals surface area contributed by atoms with E-state index in [4.69, 9.17) is 11.6 Å².